The molecule has 0 aromatic heterocycles. The predicted octanol–water partition coefficient (Wildman–Crippen LogP) is 2.09. The molecule has 1 aliphatic rings. The van der Waals surface area contributed by atoms with E-state index in [1.54, 1.807) is 0 Å². The van der Waals surface area contributed by atoms with E-state index in [0.717, 1.165) is 44.6 Å². The monoisotopic (exact) mass is 340 g/mol. The summed E-state index contributed by atoms with van der Waals surface area (Å²) in [7, 11) is -3.09. The summed E-state index contributed by atoms with van der Waals surface area (Å²) >= 11 is 0. The second kappa shape index (κ2) is 8.13. The number of nitrogens with zero attached hydrogens (tertiary/aromatic N) is 1. The number of ether oxygens (including phenoxy) is 1. The predicted molar refractivity (Wildman–Crippen MR) is 93.5 cm³/mol. The van der Waals surface area contributed by atoms with Crippen molar-refractivity contribution in [2.45, 2.75) is 39.2 Å². The van der Waals surface area contributed by atoms with Crippen LogP contribution in [-0.4, -0.2) is 51.9 Å². The van der Waals surface area contributed by atoms with Crippen LogP contribution in [0.2, 0.25) is 0 Å². The molecular formula is C17H28N2O3S. The Bertz CT molecular complexity index is 588. The van der Waals surface area contributed by atoms with Gasteiger partial charge in [-0.1, -0.05) is 18.2 Å². The summed E-state index contributed by atoms with van der Waals surface area (Å²) in [5, 5.41) is 0. The van der Waals surface area contributed by atoms with Crippen LogP contribution < -0.4 is 9.46 Å². The van der Waals surface area contributed by atoms with E-state index in [-0.39, 0.29) is 6.04 Å². The Morgan fingerprint density at radius 1 is 1.22 bits per heavy atom. The summed E-state index contributed by atoms with van der Waals surface area (Å²) in [4.78, 5) is 2.38. The molecule has 0 radical (unpaired) electrons. The molecule has 23 heavy (non-hydrogen) atoms. The van der Waals surface area contributed by atoms with Gasteiger partial charge in [-0.2, -0.15) is 0 Å². The quantitative estimate of drug-likeness (QED) is 0.772. The van der Waals surface area contributed by atoms with E-state index < -0.39 is 10.0 Å². The number of sulfonamides is 1. The average molecular weight is 340 g/mol. The Morgan fingerprint density at radius 2 is 1.83 bits per heavy atom. The third kappa shape index (κ3) is 6.12. The molecule has 1 aromatic rings. The number of aryl methyl sites for hydroxylation is 2. The van der Waals surface area contributed by atoms with Crippen LogP contribution in [0.25, 0.3) is 0 Å². The molecule has 0 spiro atoms. The molecule has 5 nitrogen and oxygen atoms in total. The van der Waals surface area contributed by atoms with Gasteiger partial charge < -0.3 is 9.64 Å². The van der Waals surface area contributed by atoms with Gasteiger partial charge in [-0.25, -0.2) is 13.1 Å². The molecule has 1 fully saturated rings. The fourth-order valence-electron chi connectivity index (χ4n) is 3.07. The molecule has 1 saturated heterocycles. The summed E-state index contributed by atoms with van der Waals surface area (Å²) in [5.74, 6) is 1.00. The highest BCUT2D eigenvalue weighted by atomic mass is 32.2. The molecular weight excluding hydrogens is 312 g/mol. The molecule has 1 heterocycles. The first-order valence-electron chi connectivity index (χ1n) is 8.24. The Labute approximate surface area is 140 Å². The smallest absolute Gasteiger partial charge is 0.208 e. The van der Waals surface area contributed by atoms with Crippen LogP contribution in [0.5, 0.6) is 5.75 Å². The van der Waals surface area contributed by atoms with Gasteiger partial charge in [0.05, 0.1) is 12.9 Å². The number of piperidine rings is 1. The zero-order valence-electron chi connectivity index (χ0n) is 14.3. The van der Waals surface area contributed by atoms with Crippen LogP contribution in [0, 0.1) is 13.8 Å². The van der Waals surface area contributed by atoms with Crippen molar-refractivity contribution in [2.24, 2.45) is 0 Å². The highest BCUT2D eigenvalue weighted by molar-refractivity contribution is 7.88. The molecule has 6 heteroatoms. The minimum atomic E-state index is -3.09. The van der Waals surface area contributed by atoms with E-state index in [0.29, 0.717) is 6.61 Å². The van der Waals surface area contributed by atoms with Gasteiger partial charge in [-0.15, -0.1) is 0 Å². The molecule has 0 amide bonds. The van der Waals surface area contributed by atoms with Crippen LogP contribution in [0.4, 0.5) is 0 Å². The molecule has 1 N–H and O–H groups in total. The highest BCUT2D eigenvalue weighted by Gasteiger charge is 2.21. The van der Waals surface area contributed by atoms with Crippen molar-refractivity contribution in [1.29, 1.82) is 0 Å². The van der Waals surface area contributed by atoms with Crippen LogP contribution in [0.3, 0.4) is 0 Å². The van der Waals surface area contributed by atoms with Crippen LogP contribution in [0.1, 0.15) is 30.4 Å². The van der Waals surface area contributed by atoms with Crippen molar-refractivity contribution in [3.8, 4) is 5.75 Å². The van der Waals surface area contributed by atoms with E-state index in [9.17, 15) is 8.42 Å². The molecule has 0 atom stereocenters. The third-order valence-corrected chi connectivity index (χ3v) is 5.00. The highest BCUT2D eigenvalue weighted by Crippen LogP contribution is 2.22. The Kier molecular flexibility index (Phi) is 6.44. The van der Waals surface area contributed by atoms with Crippen LogP contribution in [0.15, 0.2) is 18.2 Å². The number of nitrogens with one attached hydrogen (secondary N) is 1. The lowest BCUT2D eigenvalue weighted by Gasteiger charge is -2.31. The Balaban J connectivity index is 1.66. The van der Waals surface area contributed by atoms with E-state index in [1.165, 1.54) is 17.4 Å². The molecule has 0 unspecified atom stereocenters. The fraction of sp³-hybridized carbons (Fsp3) is 0.647. The zero-order chi connectivity index (χ0) is 16.9. The summed E-state index contributed by atoms with van der Waals surface area (Å²) in [6, 6.07) is 6.28. The van der Waals surface area contributed by atoms with Crippen molar-refractivity contribution < 1.29 is 13.2 Å². The first-order chi connectivity index (χ1) is 10.8. The Morgan fingerprint density at radius 3 is 2.39 bits per heavy atom. The van der Waals surface area contributed by atoms with Gasteiger partial charge in [0, 0.05) is 12.6 Å². The van der Waals surface area contributed by atoms with Crippen LogP contribution in [-0.2, 0) is 10.0 Å². The third-order valence-electron chi connectivity index (χ3n) is 4.24. The molecule has 2 rings (SSSR count). The van der Waals surface area contributed by atoms with Crippen LogP contribution >= 0.6 is 0 Å². The van der Waals surface area contributed by atoms with E-state index in [4.69, 9.17) is 4.74 Å². The van der Waals surface area contributed by atoms with Crippen molar-refractivity contribution in [1.82, 2.24) is 9.62 Å². The zero-order valence-corrected chi connectivity index (χ0v) is 15.2. The fourth-order valence-corrected chi connectivity index (χ4v) is 3.91. The maximum atomic E-state index is 11.2. The summed E-state index contributed by atoms with van der Waals surface area (Å²) in [6.45, 7) is 7.74. The van der Waals surface area contributed by atoms with Gasteiger partial charge >= 0.3 is 0 Å². The average Bonchev–Trinajstić information content (AvgIpc) is 2.46. The summed E-state index contributed by atoms with van der Waals surface area (Å²) in [5.41, 5.74) is 2.36. The minimum Gasteiger partial charge on any atom is -0.493 e. The van der Waals surface area contributed by atoms with Gasteiger partial charge in [0.2, 0.25) is 10.0 Å². The lowest BCUT2D eigenvalue weighted by atomic mass is 10.1. The first-order valence-corrected chi connectivity index (χ1v) is 10.1. The van der Waals surface area contributed by atoms with E-state index in [2.05, 4.69) is 35.6 Å². The maximum Gasteiger partial charge on any atom is 0.208 e. The van der Waals surface area contributed by atoms with E-state index in [1.807, 2.05) is 6.07 Å². The number of likely N-dealkylation sites (tertiary alicyclic amines) is 1. The SMILES string of the molecule is Cc1cccc(C)c1OCCCN1CCC(NS(C)(=O)=O)CC1. The van der Waals surface area contributed by atoms with Gasteiger partial charge in [-0.05, 0) is 57.3 Å². The maximum absolute atomic E-state index is 11.2. The second-order valence-corrected chi connectivity index (χ2v) is 8.21. The van der Waals surface area contributed by atoms with Gasteiger partial charge in [0.25, 0.3) is 0 Å². The van der Waals surface area contributed by atoms with Crippen molar-refractivity contribution in [3.63, 3.8) is 0 Å². The van der Waals surface area contributed by atoms with Crippen molar-refractivity contribution in [2.75, 3.05) is 32.5 Å². The minimum absolute atomic E-state index is 0.0899. The summed E-state index contributed by atoms with van der Waals surface area (Å²) < 4.78 is 31.1. The lowest BCUT2D eigenvalue weighted by molar-refractivity contribution is 0.189. The topological polar surface area (TPSA) is 58.6 Å². The summed E-state index contributed by atoms with van der Waals surface area (Å²) in [6.07, 6.45) is 3.97. The second-order valence-electron chi connectivity index (χ2n) is 6.43. The van der Waals surface area contributed by atoms with Gasteiger partial charge in [0.1, 0.15) is 5.75 Å². The molecule has 0 saturated carbocycles. The van der Waals surface area contributed by atoms with Gasteiger partial charge in [-0.3, -0.25) is 0 Å². The number of para-hydroxylation sites is 1. The molecule has 1 aromatic carbocycles. The number of hydrogen-bond acceptors (Lipinski definition) is 4. The van der Waals surface area contributed by atoms with E-state index >= 15 is 0 Å². The molecule has 130 valence electrons. The van der Waals surface area contributed by atoms with Crippen molar-refractivity contribution in [3.05, 3.63) is 29.3 Å². The molecule has 1 aliphatic heterocycles. The largest absolute Gasteiger partial charge is 0.493 e. The van der Waals surface area contributed by atoms with Gasteiger partial charge in [0.15, 0.2) is 0 Å². The first kappa shape index (κ1) is 18.2. The normalized spacial score (nSPS) is 17.3. The number of rotatable bonds is 7. The standard InChI is InChI=1S/C17H28N2O3S/c1-14-6-4-7-15(2)17(14)22-13-5-10-19-11-8-16(9-12-19)18-23(3,20)21/h4,6-7,16,18H,5,8-13H2,1-3H3. The van der Waals surface area contributed by atoms with Crippen molar-refractivity contribution >= 4 is 10.0 Å². The molecule has 0 aliphatic carbocycles. The molecule has 0 bridgehead atoms. The number of hydrogen-bond donors (Lipinski definition) is 1. The lowest BCUT2D eigenvalue weighted by Crippen LogP contribution is -2.44. The number of benzene rings is 1. The Hall–Kier alpha value is -1.11.